The highest BCUT2D eigenvalue weighted by molar-refractivity contribution is 7.92. The number of nitrogens with one attached hydrogen (secondary N) is 2. The number of benzene rings is 1. The molecule has 9 heteroatoms. The number of rotatable bonds is 3. The molecule has 0 saturated carbocycles. The number of hydrogen-bond acceptors (Lipinski definition) is 5. The SMILES string of the molecule is C[C@@H]1C(=O)Nc2ccc(S(=O)(=O)N[C@@H]3CCS(=O)(=O)C3)cc21. The fourth-order valence-corrected chi connectivity index (χ4v) is 5.82. The maximum absolute atomic E-state index is 12.4. The smallest absolute Gasteiger partial charge is 0.240 e. The molecular formula is C13H16N2O5S2. The molecule has 0 spiro atoms. The van der Waals surface area contributed by atoms with Crippen molar-refractivity contribution in [1.29, 1.82) is 0 Å². The van der Waals surface area contributed by atoms with Crippen LogP contribution in [-0.2, 0) is 24.7 Å². The van der Waals surface area contributed by atoms with Crippen molar-refractivity contribution in [3.8, 4) is 0 Å². The highest BCUT2D eigenvalue weighted by Gasteiger charge is 2.33. The Balaban J connectivity index is 1.86. The summed E-state index contributed by atoms with van der Waals surface area (Å²) in [6.45, 7) is 1.70. The molecule has 2 aliphatic heterocycles. The lowest BCUT2D eigenvalue weighted by molar-refractivity contribution is -0.116. The fraction of sp³-hybridized carbons (Fsp3) is 0.462. The van der Waals surface area contributed by atoms with Gasteiger partial charge in [-0.2, -0.15) is 0 Å². The van der Waals surface area contributed by atoms with Gasteiger partial charge in [-0.15, -0.1) is 0 Å². The van der Waals surface area contributed by atoms with Crippen LogP contribution in [-0.4, -0.2) is 40.3 Å². The molecule has 3 rings (SSSR count). The van der Waals surface area contributed by atoms with E-state index in [2.05, 4.69) is 10.0 Å². The minimum atomic E-state index is -3.81. The van der Waals surface area contributed by atoms with E-state index in [1.54, 1.807) is 13.0 Å². The second kappa shape index (κ2) is 5.04. The molecule has 7 nitrogen and oxygen atoms in total. The molecule has 1 amide bonds. The Morgan fingerprint density at radius 2 is 2.05 bits per heavy atom. The summed E-state index contributed by atoms with van der Waals surface area (Å²) < 4.78 is 50.0. The molecule has 2 atom stereocenters. The van der Waals surface area contributed by atoms with Crippen LogP contribution in [0.1, 0.15) is 24.8 Å². The summed E-state index contributed by atoms with van der Waals surface area (Å²) in [6, 6.07) is 3.82. The molecule has 22 heavy (non-hydrogen) atoms. The van der Waals surface area contributed by atoms with E-state index in [1.807, 2.05) is 0 Å². The maximum Gasteiger partial charge on any atom is 0.240 e. The van der Waals surface area contributed by atoms with Gasteiger partial charge in [-0.05, 0) is 37.1 Å². The van der Waals surface area contributed by atoms with Gasteiger partial charge in [0.25, 0.3) is 0 Å². The number of carbonyl (C=O) groups is 1. The number of hydrogen-bond donors (Lipinski definition) is 2. The van der Waals surface area contributed by atoms with E-state index < -0.39 is 31.8 Å². The predicted octanol–water partition coefficient (Wildman–Crippen LogP) is 0.208. The standard InChI is InChI=1S/C13H16N2O5S2/c1-8-11-6-10(2-3-12(11)14-13(8)16)22(19,20)15-9-4-5-21(17,18)7-9/h2-3,6,8-9,15H,4-5,7H2,1H3,(H,14,16)/t8-,9+/m0/s1. The lowest BCUT2D eigenvalue weighted by Gasteiger charge is -2.12. The number of sulfone groups is 1. The Morgan fingerprint density at radius 1 is 1.32 bits per heavy atom. The van der Waals surface area contributed by atoms with Gasteiger partial charge in [-0.1, -0.05) is 0 Å². The van der Waals surface area contributed by atoms with Crippen molar-refractivity contribution < 1.29 is 21.6 Å². The fourth-order valence-electron chi connectivity index (χ4n) is 2.74. The van der Waals surface area contributed by atoms with Crippen LogP contribution in [0.4, 0.5) is 5.69 Å². The normalized spacial score (nSPS) is 26.7. The zero-order chi connectivity index (χ0) is 16.1. The van der Waals surface area contributed by atoms with Crippen molar-refractivity contribution in [2.75, 3.05) is 16.8 Å². The van der Waals surface area contributed by atoms with Gasteiger partial charge in [-0.25, -0.2) is 21.6 Å². The van der Waals surface area contributed by atoms with Crippen molar-refractivity contribution >= 4 is 31.5 Å². The molecule has 1 saturated heterocycles. The lowest BCUT2D eigenvalue weighted by atomic mass is 10.0. The Kier molecular flexibility index (Phi) is 3.54. The molecule has 0 bridgehead atoms. The van der Waals surface area contributed by atoms with Gasteiger partial charge in [0.05, 0.1) is 22.3 Å². The van der Waals surface area contributed by atoms with Crippen LogP contribution in [0.3, 0.4) is 0 Å². The van der Waals surface area contributed by atoms with Crippen LogP contribution in [0.2, 0.25) is 0 Å². The largest absolute Gasteiger partial charge is 0.325 e. The van der Waals surface area contributed by atoms with E-state index >= 15 is 0 Å². The molecule has 0 unspecified atom stereocenters. The first-order valence-corrected chi connectivity index (χ1v) is 10.2. The van der Waals surface area contributed by atoms with E-state index in [-0.39, 0.29) is 28.7 Å². The monoisotopic (exact) mass is 344 g/mol. The second-order valence-electron chi connectivity index (χ2n) is 5.68. The summed E-state index contributed by atoms with van der Waals surface area (Å²) in [6.07, 6.45) is 0.281. The zero-order valence-electron chi connectivity index (χ0n) is 11.9. The van der Waals surface area contributed by atoms with Crippen molar-refractivity contribution in [2.24, 2.45) is 0 Å². The third-order valence-electron chi connectivity index (χ3n) is 4.01. The quantitative estimate of drug-likeness (QED) is 0.814. The minimum absolute atomic E-state index is 0.000168. The molecule has 0 aliphatic carbocycles. The average Bonchev–Trinajstić information content (AvgIpc) is 2.89. The Bertz CT molecular complexity index is 845. The van der Waals surface area contributed by atoms with Crippen molar-refractivity contribution in [3.63, 3.8) is 0 Å². The molecule has 2 aliphatic rings. The van der Waals surface area contributed by atoms with Gasteiger partial charge in [0.15, 0.2) is 9.84 Å². The van der Waals surface area contributed by atoms with Gasteiger partial charge in [0.2, 0.25) is 15.9 Å². The summed E-state index contributed by atoms with van der Waals surface area (Å²) in [5, 5.41) is 2.68. The van der Waals surface area contributed by atoms with Crippen molar-refractivity contribution in [3.05, 3.63) is 23.8 Å². The molecule has 1 aromatic carbocycles. The predicted molar refractivity (Wildman–Crippen MR) is 80.9 cm³/mol. The number of anilines is 1. The van der Waals surface area contributed by atoms with Gasteiger partial charge in [0.1, 0.15) is 0 Å². The molecular weight excluding hydrogens is 328 g/mol. The summed E-state index contributed by atoms with van der Waals surface area (Å²) >= 11 is 0. The molecule has 0 aromatic heterocycles. The average molecular weight is 344 g/mol. The minimum Gasteiger partial charge on any atom is -0.325 e. The Labute approximate surface area is 129 Å². The first-order valence-electron chi connectivity index (χ1n) is 6.85. The Morgan fingerprint density at radius 3 is 2.68 bits per heavy atom. The van der Waals surface area contributed by atoms with Gasteiger partial charge < -0.3 is 5.32 Å². The van der Waals surface area contributed by atoms with Crippen LogP contribution in [0.25, 0.3) is 0 Å². The maximum atomic E-state index is 12.4. The van der Waals surface area contributed by atoms with Crippen molar-refractivity contribution in [2.45, 2.75) is 30.2 Å². The highest BCUT2D eigenvalue weighted by Crippen LogP contribution is 2.33. The van der Waals surface area contributed by atoms with Gasteiger partial charge in [0, 0.05) is 11.7 Å². The van der Waals surface area contributed by atoms with E-state index in [0.717, 1.165) is 0 Å². The molecule has 2 N–H and O–H groups in total. The van der Waals surface area contributed by atoms with E-state index in [1.165, 1.54) is 12.1 Å². The highest BCUT2D eigenvalue weighted by atomic mass is 32.2. The van der Waals surface area contributed by atoms with E-state index in [9.17, 15) is 21.6 Å². The zero-order valence-corrected chi connectivity index (χ0v) is 13.5. The lowest BCUT2D eigenvalue weighted by Crippen LogP contribution is -2.35. The van der Waals surface area contributed by atoms with Crippen LogP contribution in [0, 0.1) is 0 Å². The molecule has 2 heterocycles. The third-order valence-corrected chi connectivity index (χ3v) is 7.29. The van der Waals surface area contributed by atoms with Crippen LogP contribution >= 0.6 is 0 Å². The molecule has 120 valence electrons. The second-order valence-corrected chi connectivity index (χ2v) is 9.62. The summed E-state index contributed by atoms with van der Waals surface area (Å²) in [5.74, 6) is -0.746. The number of amides is 1. The van der Waals surface area contributed by atoms with Crippen LogP contribution in [0.15, 0.2) is 23.1 Å². The number of fused-ring (bicyclic) bond motifs is 1. The van der Waals surface area contributed by atoms with Gasteiger partial charge in [-0.3, -0.25) is 4.79 Å². The first-order chi connectivity index (χ1) is 10.2. The van der Waals surface area contributed by atoms with Crippen LogP contribution in [0.5, 0.6) is 0 Å². The van der Waals surface area contributed by atoms with Crippen LogP contribution < -0.4 is 10.0 Å². The number of carbonyl (C=O) groups excluding carboxylic acids is 1. The van der Waals surface area contributed by atoms with E-state index in [4.69, 9.17) is 0 Å². The topological polar surface area (TPSA) is 109 Å². The third kappa shape index (κ3) is 2.75. The first kappa shape index (κ1) is 15.4. The number of sulfonamides is 1. The summed E-state index contributed by atoms with van der Waals surface area (Å²) in [5.41, 5.74) is 1.24. The summed E-state index contributed by atoms with van der Waals surface area (Å²) in [7, 11) is -6.97. The Hall–Kier alpha value is -1.45. The van der Waals surface area contributed by atoms with Gasteiger partial charge >= 0.3 is 0 Å². The van der Waals surface area contributed by atoms with E-state index in [0.29, 0.717) is 11.3 Å². The summed E-state index contributed by atoms with van der Waals surface area (Å²) in [4.78, 5) is 11.6. The molecule has 0 radical (unpaired) electrons. The van der Waals surface area contributed by atoms with Crippen molar-refractivity contribution in [1.82, 2.24) is 4.72 Å². The molecule has 1 aromatic rings. The molecule has 1 fully saturated rings.